The Labute approximate surface area is 276 Å². The van der Waals surface area contributed by atoms with Crippen molar-refractivity contribution in [2.45, 2.75) is 0 Å². The zero-order valence-electron chi connectivity index (χ0n) is 25.2. The van der Waals surface area contributed by atoms with Gasteiger partial charge in [0.25, 0.3) is 0 Å². The summed E-state index contributed by atoms with van der Waals surface area (Å²) in [5, 5.41) is 4.67. The Kier molecular flexibility index (Phi) is 6.47. The van der Waals surface area contributed by atoms with E-state index in [1.54, 1.807) is 0 Å². The van der Waals surface area contributed by atoms with Crippen LogP contribution in [0.3, 0.4) is 0 Å². The lowest BCUT2D eigenvalue weighted by molar-refractivity contribution is 0.669. The molecule has 0 aliphatic carbocycles. The maximum absolute atomic E-state index is 6.97. The average molecular weight is 627 g/mol. The number of benzene rings is 7. The zero-order valence-corrected chi connectivity index (χ0v) is 25.9. The van der Waals surface area contributed by atoms with E-state index in [-0.39, 0.29) is 0 Å². The van der Waals surface area contributed by atoms with Gasteiger partial charge in [-0.3, -0.25) is 0 Å². The van der Waals surface area contributed by atoms with E-state index in [4.69, 9.17) is 20.4 Å². The van der Waals surface area contributed by atoms with Crippen molar-refractivity contribution in [3.63, 3.8) is 0 Å². The second-order valence-electron chi connectivity index (χ2n) is 11.5. The third-order valence-corrected chi connectivity index (χ3v) is 8.97. The van der Waals surface area contributed by atoms with Gasteiger partial charge in [0.2, 0.25) is 0 Å². The van der Waals surface area contributed by atoms with Gasteiger partial charge in [-0.2, -0.15) is 0 Å². The molecule has 0 aliphatic heterocycles. The highest BCUT2D eigenvalue weighted by molar-refractivity contribution is 6.38. The molecule has 7 aromatic carbocycles. The Balaban J connectivity index is 1.19. The van der Waals surface area contributed by atoms with E-state index in [9.17, 15) is 0 Å². The van der Waals surface area contributed by atoms with Gasteiger partial charge in [0.1, 0.15) is 22.3 Å². The van der Waals surface area contributed by atoms with Crippen LogP contribution in [-0.4, -0.2) is 0 Å². The number of hydrogen-bond acceptors (Lipinski definition) is 4. The van der Waals surface area contributed by atoms with Crippen LogP contribution in [0.4, 0.5) is 34.1 Å². The SMILES string of the molecule is Clc1cc(N(c2ccccc2)c2ccc3c(c2)oc2ccc(N(c4ccccc4)c4ccccc4)cc23)cc2oc3ccccc3c12. The average Bonchev–Trinajstić information content (AvgIpc) is 3.68. The Morgan fingerprint density at radius 2 is 0.851 bits per heavy atom. The van der Waals surface area contributed by atoms with Gasteiger partial charge in [-0.1, -0.05) is 84.4 Å². The van der Waals surface area contributed by atoms with Gasteiger partial charge < -0.3 is 18.6 Å². The monoisotopic (exact) mass is 626 g/mol. The number of nitrogens with zero attached hydrogens (tertiary/aromatic N) is 2. The van der Waals surface area contributed by atoms with Crippen molar-refractivity contribution >= 4 is 89.6 Å². The summed E-state index contributed by atoms with van der Waals surface area (Å²) in [5.41, 5.74) is 9.27. The first-order valence-corrected chi connectivity index (χ1v) is 15.9. The number of para-hydroxylation sites is 4. The van der Waals surface area contributed by atoms with E-state index < -0.39 is 0 Å². The van der Waals surface area contributed by atoms with E-state index >= 15 is 0 Å². The number of halogens is 1. The molecule has 0 N–H and O–H groups in total. The van der Waals surface area contributed by atoms with Crippen LogP contribution in [0.25, 0.3) is 43.9 Å². The van der Waals surface area contributed by atoms with Gasteiger partial charge in [0.05, 0.1) is 10.7 Å². The minimum absolute atomic E-state index is 0.641. The van der Waals surface area contributed by atoms with E-state index in [1.807, 2.05) is 60.7 Å². The van der Waals surface area contributed by atoms with Crippen molar-refractivity contribution in [1.29, 1.82) is 0 Å². The number of hydrogen-bond donors (Lipinski definition) is 0. The van der Waals surface area contributed by atoms with Gasteiger partial charge in [-0.05, 0) is 78.9 Å². The largest absolute Gasteiger partial charge is 0.456 e. The zero-order chi connectivity index (χ0) is 31.3. The van der Waals surface area contributed by atoms with Crippen molar-refractivity contribution in [2.24, 2.45) is 0 Å². The number of anilines is 6. The van der Waals surface area contributed by atoms with Crippen LogP contribution >= 0.6 is 11.6 Å². The first kappa shape index (κ1) is 27.3. The van der Waals surface area contributed by atoms with Crippen molar-refractivity contribution in [3.05, 3.63) is 169 Å². The molecule has 224 valence electrons. The van der Waals surface area contributed by atoms with Crippen LogP contribution in [0.5, 0.6) is 0 Å². The molecule has 0 amide bonds. The minimum Gasteiger partial charge on any atom is -0.456 e. The van der Waals surface area contributed by atoms with Gasteiger partial charge in [-0.15, -0.1) is 0 Å². The molecule has 0 saturated heterocycles. The van der Waals surface area contributed by atoms with Gasteiger partial charge >= 0.3 is 0 Å². The van der Waals surface area contributed by atoms with E-state index in [2.05, 4.69) is 113 Å². The maximum Gasteiger partial charge on any atom is 0.139 e. The molecule has 0 spiro atoms. The fraction of sp³-hybridized carbons (Fsp3) is 0. The van der Waals surface area contributed by atoms with E-state index in [0.29, 0.717) is 5.02 Å². The molecule has 47 heavy (non-hydrogen) atoms. The smallest absolute Gasteiger partial charge is 0.139 e. The first-order chi connectivity index (χ1) is 23.2. The summed E-state index contributed by atoms with van der Waals surface area (Å²) < 4.78 is 12.8. The third-order valence-electron chi connectivity index (χ3n) is 8.67. The molecule has 9 aromatic rings. The quantitative estimate of drug-likeness (QED) is 0.184. The Morgan fingerprint density at radius 1 is 0.340 bits per heavy atom. The summed E-state index contributed by atoms with van der Waals surface area (Å²) in [4.78, 5) is 4.45. The van der Waals surface area contributed by atoms with Crippen molar-refractivity contribution in [3.8, 4) is 0 Å². The van der Waals surface area contributed by atoms with E-state index in [1.165, 1.54) is 0 Å². The lowest BCUT2D eigenvalue weighted by Gasteiger charge is -2.25. The van der Waals surface area contributed by atoms with Crippen LogP contribution in [0.2, 0.25) is 5.02 Å². The standard InChI is InChI=1S/C42H27ClN2O2/c43-37-25-33(27-41-42(37)35-18-10-11-19-38(35)47-41)45(30-16-8-3-9-17-30)32-20-22-34-36-24-31(21-23-39(36)46-40(34)26-32)44(28-12-4-1-5-13-28)29-14-6-2-7-15-29/h1-27H. The molecule has 0 radical (unpaired) electrons. The molecular weight excluding hydrogens is 600 g/mol. The number of furan rings is 2. The van der Waals surface area contributed by atoms with Crippen LogP contribution in [0.1, 0.15) is 0 Å². The van der Waals surface area contributed by atoms with Gasteiger partial charge in [-0.25, -0.2) is 0 Å². The highest BCUT2D eigenvalue weighted by atomic mass is 35.5. The fourth-order valence-electron chi connectivity index (χ4n) is 6.58. The first-order valence-electron chi connectivity index (χ1n) is 15.5. The molecule has 2 aromatic heterocycles. The van der Waals surface area contributed by atoms with Crippen LogP contribution < -0.4 is 9.80 Å². The predicted molar refractivity (Wildman–Crippen MR) is 195 cm³/mol. The molecule has 0 unspecified atom stereocenters. The Hall–Kier alpha value is -5.97. The molecule has 9 rings (SSSR count). The molecule has 4 nitrogen and oxygen atoms in total. The molecular formula is C42H27ClN2O2. The Morgan fingerprint density at radius 3 is 1.53 bits per heavy atom. The maximum atomic E-state index is 6.97. The summed E-state index contributed by atoms with van der Waals surface area (Å²) in [6.45, 7) is 0. The summed E-state index contributed by atoms with van der Waals surface area (Å²) >= 11 is 6.97. The van der Waals surface area contributed by atoms with E-state index in [0.717, 1.165) is 78.0 Å². The highest BCUT2D eigenvalue weighted by Crippen LogP contribution is 2.44. The molecule has 2 heterocycles. The molecule has 0 bridgehead atoms. The second-order valence-corrected chi connectivity index (χ2v) is 11.9. The summed E-state index contributed by atoms with van der Waals surface area (Å²) in [7, 11) is 0. The summed E-state index contributed by atoms with van der Waals surface area (Å²) in [6, 6.07) is 56.0. The van der Waals surface area contributed by atoms with Gasteiger partial charge in [0.15, 0.2) is 0 Å². The third kappa shape index (κ3) is 4.70. The number of fused-ring (bicyclic) bond motifs is 6. The van der Waals surface area contributed by atoms with Crippen LogP contribution in [0.15, 0.2) is 173 Å². The molecule has 0 fully saturated rings. The lowest BCUT2D eigenvalue weighted by atomic mass is 10.1. The molecule has 0 saturated carbocycles. The van der Waals surface area contributed by atoms with Gasteiger partial charge in [0, 0.05) is 62.1 Å². The Bertz CT molecular complexity index is 2500. The van der Waals surface area contributed by atoms with Crippen molar-refractivity contribution in [2.75, 3.05) is 9.80 Å². The second kappa shape index (κ2) is 11.1. The highest BCUT2D eigenvalue weighted by Gasteiger charge is 2.20. The molecule has 0 aliphatic rings. The number of rotatable bonds is 6. The lowest BCUT2D eigenvalue weighted by Crippen LogP contribution is -2.09. The summed E-state index contributed by atoms with van der Waals surface area (Å²) in [6.07, 6.45) is 0. The molecule has 5 heteroatoms. The van der Waals surface area contributed by atoms with Crippen LogP contribution in [0, 0.1) is 0 Å². The molecule has 0 atom stereocenters. The van der Waals surface area contributed by atoms with Crippen LogP contribution in [-0.2, 0) is 0 Å². The normalized spacial score (nSPS) is 11.5. The predicted octanol–water partition coefficient (Wildman–Crippen LogP) is 13.1. The summed E-state index contributed by atoms with van der Waals surface area (Å²) in [5.74, 6) is 0. The van der Waals surface area contributed by atoms with Crippen molar-refractivity contribution < 1.29 is 8.83 Å². The fourth-order valence-corrected chi connectivity index (χ4v) is 6.88. The topological polar surface area (TPSA) is 32.8 Å². The van der Waals surface area contributed by atoms with Crippen molar-refractivity contribution in [1.82, 2.24) is 0 Å². The minimum atomic E-state index is 0.641.